The van der Waals surface area contributed by atoms with E-state index >= 15 is 0 Å². The quantitative estimate of drug-likeness (QED) is 0.907. The van der Waals surface area contributed by atoms with Crippen molar-refractivity contribution in [2.24, 2.45) is 0 Å². The summed E-state index contributed by atoms with van der Waals surface area (Å²) in [4.78, 5) is 0. The Kier molecular flexibility index (Phi) is 4.70. The van der Waals surface area contributed by atoms with Crippen LogP contribution in [0.3, 0.4) is 0 Å². The van der Waals surface area contributed by atoms with Crippen molar-refractivity contribution in [2.75, 3.05) is 14.2 Å². The maximum atomic E-state index is 6.32. The third-order valence-corrected chi connectivity index (χ3v) is 3.59. The Bertz CT molecular complexity index is 555. The molecule has 0 saturated carbocycles. The van der Waals surface area contributed by atoms with Gasteiger partial charge in [0.05, 0.1) is 13.2 Å². The Balaban J connectivity index is 2.39. The SMILES string of the molecule is CNC(c1ccc(Cl)cc1)c1ccc(OC)cc1Cl. The van der Waals surface area contributed by atoms with Crippen LogP contribution in [0.1, 0.15) is 17.2 Å². The van der Waals surface area contributed by atoms with E-state index in [1.807, 2.05) is 49.5 Å². The molecule has 0 amide bonds. The summed E-state index contributed by atoms with van der Waals surface area (Å²) in [6.45, 7) is 0. The number of methoxy groups -OCH3 is 1. The van der Waals surface area contributed by atoms with Gasteiger partial charge in [0.2, 0.25) is 0 Å². The summed E-state index contributed by atoms with van der Waals surface area (Å²) in [5.41, 5.74) is 2.12. The fourth-order valence-electron chi connectivity index (χ4n) is 2.03. The van der Waals surface area contributed by atoms with Gasteiger partial charge in [0.15, 0.2) is 0 Å². The number of hydrogen-bond donors (Lipinski definition) is 1. The fourth-order valence-corrected chi connectivity index (χ4v) is 2.43. The molecule has 0 heterocycles. The van der Waals surface area contributed by atoms with Gasteiger partial charge in [0, 0.05) is 10.0 Å². The number of halogens is 2. The van der Waals surface area contributed by atoms with Crippen LogP contribution < -0.4 is 10.1 Å². The second-order valence-electron chi connectivity index (χ2n) is 4.16. The zero-order chi connectivity index (χ0) is 13.8. The molecule has 0 aliphatic heterocycles. The highest BCUT2D eigenvalue weighted by Gasteiger charge is 2.15. The molecule has 2 rings (SSSR count). The molecule has 1 N–H and O–H groups in total. The maximum absolute atomic E-state index is 6.32. The highest BCUT2D eigenvalue weighted by atomic mass is 35.5. The molecule has 0 aromatic heterocycles. The molecule has 2 aromatic carbocycles. The topological polar surface area (TPSA) is 21.3 Å². The smallest absolute Gasteiger partial charge is 0.120 e. The lowest BCUT2D eigenvalue weighted by atomic mass is 9.99. The Morgan fingerprint density at radius 3 is 2.26 bits per heavy atom. The second-order valence-corrected chi connectivity index (χ2v) is 5.00. The molecule has 4 heteroatoms. The summed E-state index contributed by atoms with van der Waals surface area (Å²) in [6, 6.07) is 13.4. The molecule has 0 radical (unpaired) electrons. The van der Waals surface area contributed by atoms with Gasteiger partial charge in [-0.05, 0) is 42.4 Å². The molecule has 2 nitrogen and oxygen atoms in total. The van der Waals surface area contributed by atoms with E-state index < -0.39 is 0 Å². The van der Waals surface area contributed by atoms with E-state index in [-0.39, 0.29) is 6.04 Å². The fraction of sp³-hybridized carbons (Fsp3) is 0.200. The van der Waals surface area contributed by atoms with Crippen LogP contribution in [0, 0.1) is 0 Å². The normalized spacial score (nSPS) is 12.2. The first-order valence-corrected chi connectivity index (χ1v) is 6.67. The van der Waals surface area contributed by atoms with Gasteiger partial charge in [0.25, 0.3) is 0 Å². The van der Waals surface area contributed by atoms with Crippen molar-refractivity contribution < 1.29 is 4.74 Å². The van der Waals surface area contributed by atoms with Crippen LogP contribution in [0.25, 0.3) is 0 Å². The Morgan fingerprint density at radius 1 is 1.05 bits per heavy atom. The van der Waals surface area contributed by atoms with E-state index in [9.17, 15) is 0 Å². The molecule has 100 valence electrons. The van der Waals surface area contributed by atoms with Crippen molar-refractivity contribution in [3.63, 3.8) is 0 Å². The van der Waals surface area contributed by atoms with Crippen LogP contribution in [0.2, 0.25) is 10.0 Å². The van der Waals surface area contributed by atoms with E-state index in [0.717, 1.165) is 21.9 Å². The van der Waals surface area contributed by atoms with Crippen LogP contribution in [0.5, 0.6) is 5.75 Å². The van der Waals surface area contributed by atoms with Crippen molar-refractivity contribution in [1.29, 1.82) is 0 Å². The van der Waals surface area contributed by atoms with Gasteiger partial charge in [-0.25, -0.2) is 0 Å². The minimum absolute atomic E-state index is 0.0238. The lowest BCUT2D eigenvalue weighted by molar-refractivity contribution is 0.414. The van der Waals surface area contributed by atoms with Gasteiger partial charge in [-0.1, -0.05) is 41.4 Å². The summed E-state index contributed by atoms with van der Waals surface area (Å²) >= 11 is 12.2. The Labute approximate surface area is 123 Å². The molecule has 0 aliphatic rings. The second kappa shape index (κ2) is 6.29. The summed E-state index contributed by atoms with van der Waals surface area (Å²) in [6.07, 6.45) is 0. The van der Waals surface area contributed by atoms with Crippen LogP contribution in [0.15, 0.2) is 42.5 Å². The van der Waals surface area contributed by atoms with E-state index in [1.54, 1.807) is 7.11 Å². The molecule has 0 fully saturated rings. The highest BCUT2D eigenvalue weighted by molar-refractivity contribution is 6.31. The average Bonchev–Trinajstić information content (AvgIpc) is 2.43. The molecule has 0 bridgehead atoms. The first-order chi connectivity index (χ1) is 9.15. The first-order valence-electron chi connectivity index (χ1n) is 5.92. The van der Waals surface area contributed by atoms with Gasteiger partial charge in [-0.15, -0.1) is 0 Å². The van der Waals surface area contributed by atoms with Crippen molar-refractivity contribution in [1.82, 2.24) is 5.32 Å². The Hall–Kier alpha value is -1.22. The summed E-state index contributed by atoms with van der Waals surface area (Å²) in [7, 11) is 3.53. The van der Waals surface area contributed by atoms with E-state index in [2.05, 4.69) is 5.32 Å². The standard InChI is InChI=1S/C15H15Cl2NO/c1-18-15(10-3-5-11(16)6-4-10)13-8-7-12(19-2)9-14(13)17/h3-9,15,18H,1-2H3. The molecule has 0 aliphatic carbocycles. The van der Waals surface area contributed by atoms with Crippen molar-refractivity contribution in [3.05, 3.63) is 63.6 Å². The van der Waals surface area contributed by atoms with Crippen LogP contribution in [-0.2, 0) is 0 Å². The summed E-state index contributed by atoms with van der Waals surface area (Å²) in [5.74, 6) is 0.750. The van der Waals surface area contributed by atoms with E-state index in [1.165, 1.54) is 0 Å². The number of ether oxygens (including phenoxy) is 1. The minimum Gasteiger partial charge on any atom is -0.497 e. The van der Waals surface area contributed by atoms with Crippen LogP contribution in [-0.4, -0.2) is 14.2 Å². The predicted molar refractivity (Wildman–Crippen MR) is 80.4 cm³/mol. The zero-order valence-corrected chi connectivity index (χ0v) is 12.3. The van der Waals surface area contributed by atoms with Crippen molar-refractivity contribution in [3.8, 4) is 5.75 Å². The zero-order valence-electron chi connectivity index (χ0n) is 10.8. The average molecular weight is 296 g/mol. The molecule has 1 unspecified atom stereocenters. The predicted octanol–water partition coefficient (Wildman–Crippen LogP) is 4.31. The lowest BCUT2D eigenvalue weighted by Crippen LogP contribution is -2.18. The Morgan fingerprint density at radius 2 is 1.74 bits per heavy atom. The largest absolute Gasteiger partial charge is 0.497 e. The van der Waals surface area contributed by atoms with E-state index in [4.69, 9.17) is 27.9 Å². The first kappa shape index (κ1) is 14.2. The van der Waals surface area contributed by atoms with Crippen LogP contribution in [0.4, 0.5) is 0 Å². The summed E-state index contributed by atoms with van der Waals surface area (Å²) in [5, 5.41) is 4.66. The number of hydrogen-bond acceptors (Lipinski definition) is 2. The molecular formula is C15H15Cl2NO. The van der Waals surface area contributed by atoms with Gasteiger partial charge < -0.3 is 10.1 Å². The van der Waals surface area contributed by atoms with Crippen molar-refractivity contribution in [2.45, 2.75) is 6.04 Å². The molecule has 19 heavy (non-hydrogen) atoms. The number of nitrogens with one attached hydrogen (secondary N) is 1. The third kappa shape index (κ3) is 3.21. The van der Waals surface area contributed by atoms with Gasteiger partial charge in [-0.3, -0.25) is 0 Å². The van der Waals surface area contributed by atoms with Gasteiger partial charge in [-0.2, -0.15) is 0 Å². The maximum Gasteiger partial charge on any atom is 0.120 e. The monoisotopic (exact) mass is 295 g/mol. The van der Waals surface area contributed by atoms with Gasteiger partial charge >= 0.3 is 0 Å². The van der Waals surface area contributed by atoms with E-state index in [0.29, 0.717) is 5.02 Å². The molecule has 1 atom stereocenters. The number of rotatable bonds is 4. The van der Waals surface area contributed by atoms with Crippen LogP contribution >= 0.6 is 23.2 Å². The molecule has 0 spiro atoms. The third-order valence-electron chi connectivity index (χ3n) is 3.01. The lowest BCUT2D eigenvalue weighted by Gasteiger charge is -2.19. The molecule has 0 saturated heterocycles. The molecular weight excluding hydrogens is 281 g/mol. The summed E-state index contributed by atoms with van der Waals surface area (Å²) < 4.78 is 5.16. The highest BCUT2D eigenvalue weighted by Crippen LogP contribution is 2.31. The van der Waals surface area contributed by atoms with Gasteiger partial charge in [0.1, 0.15) is 5.75 Å². The minimum atomic E-state index is 0.0238. The number of benzene rings is 2. The van der Waals surface area contributed by atoms with Crippen molar-refractivity contribution >= 4 is 23.2 Å². The molecule has 2 aromatic rings.